The number of carbonyl (C=O) groups is 2. The van der Waals surface area contributed by atoms with Crippen molar-refractivity contribution in [1.29, 1.82) is 0 Å². The van der Waals surface area contributed by atoms with Crippen LogP contribution in [0.3, 0.4) is 0 Å². The van der Waals surface area contributed by atoms with Gasteiger partial charge in [0.25, 0.3) is 0 Å². The third kappa shape index (κ3) is 7.30. The van der Waals surface area contributed by atoms with Gasteiger partial charge in [-0.25, -0.2) is 0 Å². The molecule has 0 aliphatic heterocycles. The maximum atomic E-state index is 12.4. The maximum absolute atomic E-state index is 12.4. The van der Waals surface area contributed by atoms with E-state index in [9.17, 15) is 9.59 Å². The first-order chi connectivity index (χ1) is 19.0. The van der Waals surface area contributed by atoms with E-state index in [1.165, 1.54) is 64.2 Å². The van der Waals surface area contributed by atoms with Crippen LogP contribution in [-0.4, -0.2) is 47.7 Å². The molecule has 40 heavy (non-hydrogen) atoms. The molecule has 1 amide bonds. The molecule has 0 spiro atoms. The highest BCUT2D eigenvalue weighted by atomic mass is 32.2. The van der Waals surface area contributed by atoms with Gasteiger partial charge in [0, 0.05) is 11.8 Å². The van der Waals surface area contributed by atoms with Crippen molar-refractivity contribution >= 4 is 23.6 Å². The van der Waals surface area contributed by atoms with Gasteiger partial charge in [-0.3, -0.25) is 9.59 Å². The molecule has 4 rings (SSSR count). The zero-order valence-electron chi connectivity index (χ0n) is 26.0. The van der Waals surface area contributed by atoms with Crippen LogP contribution in [-0.2, 0) is 14.3 Å². The van der Waals surface area contributed by atoms with Crippen molar-refractivity contribution in [2.75, 3.05) is 25.5 Å². The van der Waals surface area contributed by atoms with Gasteiger partial charge >= 0.3 is 5.97 Å². The number of carbonyl (C=O) groups excluding carboxylic acids is 1. The van der Waals surface area contributed by atoms with Crippen LogP contribution in [0.15, 0.2) is 11.6 Å². The zero-order chi connectivity index (χ0) is 28.9. The summed E-state index contributed by atoms with van der Waals surface area (Å²) in [5.74, 6) is 4.91. The second-order valence-corrected chi connectivity index (χ2v) is 15.9. The number of fused-ring (bicyclic) bond motifs is 5. The molecular weight excluding hydrogens is 518 g/mol. The smallest absolute Gasteiger partial charge is 0.305 e. The minimum atomic E-state index is -0.862. The molecule has 5 nitrogen and oxygen atoms in total. The lowest BCUT2D eigenvalue weighted by Crippen LogP contribution is -2.50. The zero-order valence-corrected chi connectivity index (χ0v) is 26.8. The molecule has 0 bridgehead atoms. The largest absolute Gasteiger partial charge is 0.481 e. The van der Waals surface area contributed by atoms with E-state index in [1.54, 1.807) is 5.57 Å². The first-order valence-electron chi connectivity index (χ1n) is 16.4. The number of aliphatic carboxylic acids is 1. The third-order valence-corrected chi connectivity index (χ3v) is 13.0. The molecule has 2 N–H and O–H groups in total. The minimum absolute atomic E-state index is 0.000116. The number of allylic oxidation sites excluding steroid dienone is 2. The van der Waals surface area contributed by atoms with E-state index in [2.05, 4.69) is 46.0 Å². The van der Waals surface area contributed by atoms with E-state index in [4.69, 9.17) is 9.84 Å². The van der Waals surface area contributed by atoms with Crippen LogP contribution in [0.2, 0.25) is 0 Å². The van der Waals surface area contributed by atoms with Gasteiger partial charge in [0.1, 0.15) is 0 Å². The molecule has 0 saturated heterocycles. The average Bonchev–Trinajstić information content (AvgIpc) is 3.26. The minimum Gasteiger partial charge on any atom is -0.481 e. The Hall–Kier alpha value is -1.01. The van der Waals surface area contributed by atoms with Gasteiger partial charge < -0.3 is 15.2 Å². The molecule has 0 heterocycles. The lowest BCUT2D eigenvalue weighted by Gasteiger charge is -2.58. The van der Waals surface area contributed by atoms with Crippen LogP contribution in [0.5, 0.6) is 0 Å². The van der Waals surface area contributed by atoms with Gasteiger partial charge in [-0.15, -0.1) is 11.8 Å². The summed E-state index contributed by atoms with van der Waals surface area (Å²) in [4.78, 5) is 22.9. The van der Waals surface area contributed by atoms with E-state index >= 15 is 0 Å². The molecule has 0 aromatic rings. The molecule has 8 atom stereocenters. The summed E-state index contributed by atoms with van der Waals surface area (Å²) in [7, 11) is 0. The van der Waals surface area contributed by atoms with Crippen molar-refractivity contribution in [3.63, 3.8) is 0 Å². The molecule has 0 aromatic carbocycles. The van der Waals surface area contributed by atoms with Crippen molar-refractivity contribution in [3.05, 3.63) is 11.6 Å². The number of hydrogen-bond acceptors (Lipinski definition) is 4. The summed E-state index contributed by atoms with van der Waals surface area (Å²) >= 11 is 1.82. The Bertz CT molecular complexity index is 904. The Morgan fingerprint density at radius 1 is 1.07 bits per heavy atom. The van der Waals surface area contributed by atoms with Gasteiger partial charge in [-0.1, -0.05) is 65.5 Å². The van der Waals surface area contributed by atoms with Gasteiger partial charge in [-0.2, -0.15) is 0 Å². The Kier molecular flexibility index (Phi) is 11.1. The van der Waals surface area contributed by atoms with E-state index in [-0.39, 0.29) is 18.9 Å². The lowest BCUT2D eigenvalue weighted by atomic mass is 9.47. The van der Waals surface area contributed by atoms with E-state index in [0.717, 1.165) is 41.9 Å². The number of amides is 1. The van der Waals surface area contributed by atoms with Crippen molar-refractivity contribution < 1.29 is 19.4 Å². The molecule has 3 saturated carbocycles. The van der Waals surface area contributed by atoms with Crippen LogP contribution in [0.1, 0.15) is 112 Å². The molecule has 4 aliphatic carbocycles. The number of thioether (sulfide) groups is 1. The number of ether oxygens (including phenoxy) is 1. The fraction of sp³-hybridized carbons (Fsp3) is 0.882. The first-order valence-corrected chi connectivity index (χ1v) is 17.5. The molecule has 0 radical (unpaired) electrons. The number of hydrogen-bond donors (Lipinski definition) is 2. The molecule has 228 valence electrons. The molecule has 6 heteroatoms. The van der Waals surface area contributed by atoms with E-state index < -0.39 is 5.97 Å². The summed E-state index contributed by atoms with van der Waals surface area (Å²) in [6, 6.07) is 0. The standard InChI is InChI=1S/C34H57NO4S/c1-23(2)7-6-8-24(3)28-11-12-29-27-10-9-25-21-26(13-16-33(25,4)30(27)14-17-34(28,29)5)40-22-31(36)35-18-20-39-19-15-32(37)38/h9,23-24,26-30H,6-8,10-22H2,1-5H3,(H,35,36)(H,37,38)/t24-,26?,27+,28-,29+,30+,33+,34-/m1/s1. The van der Waals surface area contributed by atoms with Crippen LogP contribution >= 0.6 is 11.8 Å². The second-order valence-electron chi connectivity index (χ2n) is 14.6. The Morgan fingerprint density at radius 2 is 1.88 bits per heavy atom. The monoisotopic (exact) mass is 575 g/mol. The molecule has 0 aromatic heterocycles. The summed E-state index contributed by atoms with van der Waals surface area (Å²) in [6.45, 7) is 13.6. The summed E-state index contributed by atoms with van der Waals surface area (Å²) in [5.41, 5.74) is 2.60. The SMILES string of the molecule is CC(C)CCC[C@@H](C)[C@H]1CC[C@H]2[C@@H]3CC=C4CC(SCC(=O)NCCOCCC(=O)O)CC[C@]4(C)[C@H]3CC[C@]12C. The molecule has 3 fully saturated rings. The van der Waals surface area contributed by atoms with Gasteiger partial charge in [-0.05, 0) is 97.7 Å². The van der Waals surface area contributed by atoms with Crippen LogP contribution < -0.4 is 5.32 Å². The van der Waals surface area contributed by atoms with Crippen molar-refractivity contribution in [1.82, 2.24) is 5.32 Å². The molecule has 1 unspecified atom stereocenters. The molecular formula is C34H57NO4S. The third-order valence-electron chi connectivity index (χ3n) is 11.7. The van der Waals surface area contributed by atoms with E-state index in [0.29, 0.717) is 35.0 Å². The quantitative estimate of drug-likeness (QED) is 0.164. The van der Waals surface area contributed by atoms with Crippen molar-refractivity contribution in [2.45, 2.75) is 117 Å². The Morgan fingerprint density at radius 3 is 2.62 bits per heavy atom. The number of carboxylic acids is 1. The van der Waals surface area contributed by atoms with Crippen molar-refractivity contribution in [2.24, 2.45) is 46.3 Å². The highest BCUT2D eigenvalue weighted by Gasteiger charge is 2.59. The van der Waals surface area contributed by atoms with Crippen LogP contribution in [0.25, 0.3) is 0 Å². The summed E-state index contributed by atoms with van der Waals surface area (Å²) < 4.78 is 5.27. The lowest BCUT2D eigenvalue weighted by molar-refractivity contribution is -0.138. The first kappa shape index (κ1) is 31.9. The fourth-order valence-electron chi connectivity index (χ4n) is 9.56. The summed E-state index contributed by atoms with van der Waals surface area (Å²) in [5, 5.41) is 12.1. The highest BCUT2D eigenvalue weighted by Crippen LogP contribution is 2.67. The fourth-order valence-corrected chi connectivity index (χ4v) is 10.6. The Balaban J connectivity index is 1.26. The van der Waals surface area contributed by atoms with Crippen LogP contribution in [0, 0.1) is 46.3 Å². The number of carboxylic acid groups (broad SMARTS) is 1. The normalized spacial score (nSPS) is 35.9. The van der Waals surface area contributed by atoms with Crippen molar-refractivity contribution in [3.8, 4) is 0 Å². The van der Waals surface area contributed by atoms with Gasteiger partial charge in [0.05, 0.1) is 25.4 Å². The van der Waals surface area contributed by atoms with Crippen LogP contribution in [0.4, 0.5) is 0 Å². The predicted octanol–water partition coefficient (Wildman–Crippen LogP) is 7.74. The highest BCUT2D eigenvalue weighted by molar-refractivity contribution is 8.00. The van der Waals surface area contributed by atoms with E-state index in [1.807, 2.05) is 11.8 Å². The summed E-state index contributed by atoms with van der Waals surface area (Å²) in [6.07, 6.45) is 17.5. The second kappa shape index (κ2) is 14.0. The predicted molar refractivity (Wildman–Crippen MR) is 165 cm³/mol. The number of nitrogens with one attached hydrogen (secondary N) is 1. The topological polar surface area (TPSA) is 75.6 Å². The Labute approximate surface area is 248 Å². The average molecular weight is 576 g/mol. The van der Waals surface area contributed by atoms with Gasteiger partial charge in [0.2, 0.25) is 5.91 Å². The molecule has 4 aliphatic rings. The number of rotatable bonds is 14. The van der Waals surface area contributed by atoms with Gasteiger partial charge in [0.15, 0.2) is 0 Å². The maximum Gasteiger partial charge on any atom is 0.305 e.